The summed E-state index contributed by atoms with van der Waals surface area (Å²) in [6.07, 6.45) is 4.19. The number of imidazole rings is 1. The van der Waals surface area contributed by atoms with Crippen molar-refractivity contribution in [3.05, 3.63) is 135 Å². The van der Waals surface area contributed by atoms with Gasteiger partial charge in [-0.15, -0.1) is 0 Å². The van der Waals surface area contributed by atoms with E-state index in [2.05, 4.69) is 86.8 Å². The Hall–Kier alpha value is -4.35. The van der Waals surface area contributed by atoms with Gasteiger partial charge < -0.3 is 29.6 Å². The highest BCUT2D eigenvalue weighted by atomic mass is 35.5. The maximum atomic E-state index is 17.4. The second kappa shape index (κ2) is 20.9. The molecule has 10 rings (SSSR count). The molecule has 0 amide bonds. The van der Waals surface area contributed by atoms with Gasteiger partial charge in [0.15, 0.2) is 17.4 Å². The molecule has 396 valence electrons. The van der Waals surface area contributed by atoms with Crippen molar-refractivity contribution < 1.29 is 27.4 Å². The monoisotopic (exact) mass is 1050 g/mol. The van der Waals surface area contributed by atoms with E-state index >= 15 is 18.0 Å². The van der Waals surface area contributed by atoms with E-state index in [0.717, 1.165) is 46.8 Å². The number of halogens is 5. The molecule has 12 atom stereocenters. The minimum atomic E-state index is -1.17. The van der Waals surface area contributed by atoms with Crippen LogP contribution in [0.1, 0.15) is 62.5 Å². The summed E-state index contributed by atoms with van der Waals surface area (Å²) in [7, 11) is 12.0. The first-order valence-corrected chi connectivity index (χ1v) is 27.0. The molecular weight excluding hydrogens is 985 g/mol. The molecule has 4 aliphatic heterocycles. The summed E-state index contributed by atoms with van der Waals surface area (Å²) in [6, 6.07) is 21.3. The van der Waals surface area contributed by atoms with Gasteiger partial charge in [0.25, 0.3) is 0 Å². The molecule has 1 saturated carbocycles. The number of methoxy groups -OCH3 is 1. The number of benzene rings is 4. The van der Waals surface area contributed by atoms with Crippen molar-refractivity contribution in [2.75, 3.05) is 48.5 Å². The lowest BCUT2D eigenvalue weighted by Gasteiger charge is -2.57. The van der Waals surface area contributed by atoms with Crippen LogP contribution < -0.4 is 15.4 Å². The lowest BCUT2D eigenvalue weighted by molar-refractivity contribution is -0.154. The van der Waals surface area contributed by atoms with Gasteiger partial charge in [-0.1, -0.05) is 48.3 Å². The Morgan fingerprint density at radius 1 is 0.878 bits per heavy atom. The van der Waals surface area contributed by atoms with E-state index in [-0.39, 0.29) is 60.1 Å². The first-order chi connectivity index (χ1) is 35.4. The molecule has 0 radical (unpaired) electrons. The predicted octanol–water partition coefficient (Wildman–Crippen LogP) is 9.42. The van der Waals surface area contributed by atoms with Gasteiger partial charge in [0.1, 0.15) is 23.1 Å². The third-order valence-corrected chi connectivity index (χ3v) is 18.7. The summed E-state index contributed by atoms with van der Waals surface area (Å²) in [5, 5.41) is 9.40. The quantitative estimate of drug-likeness (QED) is 0.105. The molecule has 11 nitrogen and oxygen atoms in total. The van der Waals surface area contributed by atoms with Crippen molar-refractivity contribution >= 4 is 29.0 Å². The van der Waals surface area contributed by atoms with Gasteiger partial charge in [0.05, 0.1) is 35.9 Å². The molecule has 2 bridgehead atoms. The molecule has 4 aromatic carbocycles. The molecule has 5 heterocycles. The lowest BCUT2D eigenvalue weighted by Crippen LogP contribution is -2.73. The van der Waals surface area contributed by atoms with E-state index in [1.165, 1.54) is 0 Å². The number of aromatic nitrogens is 2. The molecule has 16 heteroatoms. The zero-order valence-electron chi connectivity index (χ0n) is 44.0. The molecule has 1 spiro atoms. The van der Waals surface area contributed by atoms with E-state index in [1.807, 2.05) is 81.9 Å². The number of nitrogens with zero attached hydrogens (tertiary/aromatic N) is 6. The predicted molar refractivity (Wildman–Crippen MR) is 285 cm³/mol. The number of rotatable bonds is 14. The summed E-state index contributed by atoms with van der Waals surface area (Å²) < 4.78 is 62.1. The molecule has 1 aliphatic carbocycles. The molecule has 74 heavy (non-hydrogen) atoms. The molecular formula is C58H71Cl2F3N8O3. The number of carbonyl (C=O) groups is 1. The normalized spacial score (nSPS) is 31.3. The Balaban J connectivity index is 1.11. The van der Waals surface area contributed by atoms with Gasteiger partial charge in [-0.05, 0) is 146 Å². The highest BCUT2D eigenvalue weighted by Gasteiger charge is 2.77. The minimum Gasteiger partial charge on any atom is -0.457 e. The lowest BCUT2D eigenvalue weighted by atomic mass is 9.54. The van der Waals surface area contributed by atoms with E-state index in [4.69, 9.17) is 32.7 Å². The van der Waals surface area contributed by atoms with Crippen LogP contribution in [0, 0.1) is 34.2 Å². The Morgan fingerprint density at radius 2 is 1.59 bits per heavy atom. The number of hydrogen-bond acceptors (Lipinski definition) is 10. The maximum absolute atomic E-state index is 17.4. The van der Waals surface area contributed by atoms with Crippen molar-refractivity contribution in [3.8, 4) is 22.8 Å². The van der Waals surface area contributed by atoms with E-state index in [0.29, 0.717) is 67.0 Å². The zero-order valence-corrected chi connectivity index (χ0v) is 45.5. The van der Waals surface area contributed by atoms with Gasteiger partial charge in [0.2, 0.25) is 0 Å². The average molecular weight is 1060 g/mol. The van der Waals surface area contributed by atoms with Crippen LogP contribution in [-0.2, 0) is 42.5 Å². The Kier molecular flexibility index (Phi) is 15.0. The van der Waals surface area contributed by atoms with Crippen molar-refractivity contribution in [3.63, 3.8) is 0 Å². The number of carbonyl (C=O) groups excluding carboxylic acids is 1. The fraction of sp³-hybridized carbons (Fsp3) is 0.517. The third-order valence-electron chi connectivity index (χ3n) is 18.2. The molecule has 5 aromatic rings. The molecule has 5 fully saturated rings. The minimum absolute atomic E-state index is 0.0624. The summed E-state index contributed by atoms with van der Waals surface area (Å²) in [6.45, 7) is 8.59. The van der Waals surface area contributed by atoms with E-state index in [9.17, 15) is 0 Å². The highest BCUT2D eigenvalue weighted by molar-refractivity contribution is 6.31. The zero-order chi connectivity index (χ0) is 52.5. The highest BCUT2D eigenvalue weighted by Crippen LogP contribution is 2.63. The second-order valence-electron chi connectivity index (χ2n) is 22.3. The smallest absolute Gasteiger partial charge is 0.164 e. The molecule has 7 unspecified atom stereocenters. The third kappa shape index (κ3) is 8.91. The molecule has 2 N–H and O–H groups in total. The Morgan fingerprint density at radius 3 is 2.30 bits per heavy atom. The van der Waals surface area contributed by atoms with Gasteiger partial charge in [-0.2, -0.15) is 0 Å². The number of hydrogen-bond donors (Lipinski definition) is 2. The van der Waals surface area contributed by atoms with Crippen LogP contribution in [0.15, 0.2) is 85.1 Å². The second-order valence-corrected chi connectivity index (χ2v) is 23.2. The fourth-order valence-corrected chi connectivity index (χ4v) is 15.1. The topological polar surface area (TPSA) is 90.4 Å². The van der Waals surface area contributed by atoms with Crippen LogP contribution in [0.5, 0.6) is 11.5 Å². The first-order valence-electron chi connectivity index (χ1n) is 26.2. The standard InChI is InChI=1S/C58H71Cl2F3N8O3/c1-10-57-50-25-38(24-43-44(61)21-22-45(62)52(43)63)54(57)68(6)33(2)28-64-49-27-41(23-35-11-16-39(59)17-12-35)69(7)55-46(32-73-9)66-53(58(49,55)56(57)72)34(3)71(50)30-37-13-18-40(60)26-48(37)74-42-19-14-36(15-20-42)47-29-65-51(70(47)8)31-67(4)5/h11-22,26,29,33-34,38,41,46,49-50,53-55,64,66H,10,23-25,27-28,30-32H2,1-9H3/t33-,34-,38+,41-,46+,49?,50?,53?,54?,55?,57?,58?/m0/s1. The largest absolute Gasteiger partial charge is 0.457 e. The molecule has 5 aliphatic rings. The van der Waals surface area contributed by atoms with Crippen molar-refractivity contribution in [1.29, 1.82) is 0 Å². The van der Waals surface area contributed by atoms with Gasteiger partial charge >= 0.3 is 0 Å². The van der Waals surface area contributed by atoms with Gasteiger partial charge in [0, 0.05) is 108 Å². The molecule has 1 aromatic heterocycles. The summed E-state index contributed by atoms with van der Waals surface area (Å²) in [5.41, 5.74) is 1.69. The summed E-state index contributed by atoms with van der Waals surface area (Å²) in [4.78, 5) is 31.5. The van der Waals surface area contributed by atoms with Crippen LogP contribution in [0.3, 0.4) is 0 Å². The summed E-state index contributed by atoms with van der Waals surface area (Å²) >= 11 is 13.2. The molecule has 4 saturated heterocycles. The van der Waals surface area contributed by atoms with Crippen molar-refractivity contribution in [2.24, 2.45) is 23.8 Å². The summed E-state index contributed by atoms with van der Waals surface area (Å²) in [5.74, 6) is -1.14. The fourth-order valence-electron chi connectivity index (χ4n) is 14.8. The number of likely N-dealkylation sites (tertiary alicyclic amines) is 2. The van der Waals surface area contributed by atoms with Crippen LogP contribution in [0.4, 0.5) is 13.2 Å². The number of likely N-dealkylation sites (N-methyl/N-ethyl adjacent to an activating group) is 2. The SMILES string of the molecule is CCC12C(=O)C34C5C[C@H](Cc6ccc(Cl)cc6)N(C)C3[C@@H](COC)NC4[C@H](C)N(Cc3ccc(Cl)cc3Oc3ccc(-c4cnc(CN(C)C)n4C)cc3)C1C[C@@H](Cc1c(F)ccc(F)c1F)C2N(C)[C@@H](C)CN5. The van der Waals surface area contributed by atoms with Crippen LogP contribution >= 0.6 is 23.2 Å². The van der Waals surface area contributed by atoms with Gasteiger partial charge in [-0.3, -0.25) is 19.5 Å². The van der Waals surface area contributed by atoms with Gasteiger partial charge in [-0.25, -0.2) is 18.2 Å². The first kappa shape index (κ1) is 53.1. The van der Waals surface area contributed by atoms with Crippen molar-refractivity contribution in [2.45, 2.75) is 120 Å². The average Bonchev–Trinajstić information content (AvgIpc) is 4.03. The van der Waals surface area contributed by atoms with Crippen LogP contribution in [0.25, 0.3) is 11.3 Å². The Labute approximate surface area is 444 Å². The van der Waals surface area contributed by atoms with Crippen LogP contribution in [0.2, 0.25) is 10.0 Å². The van der Waals surface area contributed by atoms with Crippen LogP contribution in [-0.4, -0.2) is 138 Å². The number of ketones is 1. The maximum Gasteiger partial charge on any atom is 0.164 e. The number of piperidine rings is 1. The number of Topliss-reactive ketones (excluding diaryl/α,β-unsaturated/α-hetero) is 1. The van der Waals surface area contributed by atoms with E-state index < -0.39 is 46.3 Å². The number of ether oxygens (including phenoxy) is 2. The number of nitrogens with one attached hydrogen (secondary N) is 2. The van der Waals surface area contributed by atoms with E-state index in [1.54, 1.807) is 7.11 Å². The Bertz CT molecular complexity index is 2860. The van der Waals surface area contributed by atoms with Crippen molar-refractivity contribution in [1.82, 2.24) is 39.8 Å².